The number of aromatic nitrogens is 1. The van der Waals surface area contributed by atoms with Crippen LogP contribution in [0.15, 0.2) is 34.9 Å². The average Bonchev–Trinajstić information content (AvgIpc) is 3.08. The van der Waals surface area contributed by atoms with Crippen molar-refractivity contribution < 1.29 is 18.5 Å². The standard InChI is InChI=1S/C18H20FN3O3/c1-4-21-11(2)10-22(12(3)17(21)23)18(24)15-9-16(25-20-15)13-5-7-14(19)8-6-13/h5-9,11-12H,4,10H2,1-3H3. The fraction of sp³-hybridized carbons (Fsp3) is 0.389. The fourth-order valence-electron chi connectivity index (χ4n) is 3.13. The van der Waals surface area contributed by atoms with Crippen LogP contribution in [-0.4, -0.2) is 51.9 Å². The Kier molecular flexibility index (Phi) is 4.57. The maximum Gasteiger partial charge on any atom is 0.276 e. The summed E-state index contributed by atoms with van der Waals surface area (Å²) in [5.74, 6) is -0.394. The predicted octanol–water partition coefficient (Wildman–Crippen LogP) is 2.56. The molecule has 0 aliphatic carbocycles. The summed E-state index contributed by atoms with van der Waals surface area (Å²) in [6.45, 7) is 6.62. The largest absolute Gasteiger partial charge is 0.355 e. The number of benzene rings is 1. The molecule has 6 nitrogen and oxygen atoms in total. The minimum atomic E-state index is -0.547. The van der Waals surface area contributed by atoms with E-state index in [2.05, 4.69) is 5.16 Å². The number of carbonyl (C=O) groups is 2. The second-order valence-electron chi connectivity index (χ2n) is 6.19. The first-order valence-corrected chi connectivity index (χ1v) is 8.26. The third-order valence-electron chi connectivity index (χ3n) is 4.56. The van der Waals surface area contributed by atoms with E-state index in [1.165, 1.54) is 23.1 Å². The van der Waals surface area contributed by atoms with Crippen LogP contribution in [0.3, 0.4) is 0 Å². The molecular weight excluding hydrogens is 325 g/mol. The zero-order valence-electron chi connectivity index (χ0n) is 14.4. The molecule has 2 aromatic rings. The molecular formula is C18H20FN3O3. The molecule has 1 saturated heterocycles. The SMILES string of the molecule is CCN1C(=O)C(C)N(C(=O)c2cc(-c3ccc(F)cc3)on2)CC1C. The molecule has 0 radical (unpaired) electrons. The van der Waals surface area contributed by atoms with Gasteiger partial charge in [-0.05, 0) is 45.0 Å². The molecule has 0 spiro atoms. The number of likely N-dealkylation sites (N-methyl/N-ethyl adjacent to an activating group) is 1. The minimum absolute atomic E-state index is 0.0545. The highest BCUT2D eigenvalue weighted by molar-refractivity contribution is 5.97. The summed E-state index contributed by atoms with van der Waals surface area (Å²) in [7, 11) is 0. The molecule has 1 fully saturated rings. The number of carbonyl (C=O) groups excluding carboxylic acids is 2. The Morgan fingerprint density at radius 3 is 2.64 bits per heavy atom. The maximum atomic E-state index is 13.0. The molecule has 1 aromatic heterocycles. The Hall–Kier alpha value is -2.70. The number of hydrogen-bond donors (Lipinski definition) is 0. The summed E-state index contributed by atoms with van der Waals surface area (Å²) in [4.78, 5) is 28.5. The van der Waals surface area contributed by atoms with Gasteiger partial charge in [0.2, 0.25) is 5.91 Å². The third kappa shape index (κ3) is 3.14. The van der Waals surface area contributed by atoms with Gasteiger partial charge in [0.25, 0.3) is 5.91 Å². The summed E-state index contributed by atoms with van der Waals surface area (Å²) in [5, 5.41) is 3.83. The monoisotopic (exact) mass is 345 g/mol. The molecule has 25 heavy (non-hydrogen) atoms. The van der Waals surface area contributed by atoms with Crippen LogP contribution in [0.25, 0.3) is 11.3 Å². The van der Waals surface area contributed by atoms with Crippen molar-refractivity contribution in [3.63, 3.8) is 0 Å². The van der Waals surface area contributed by atoms with Gasteiger partial charge in [-0.1, -0.05) is 5.16 Å². The van der Waals surface area contributed by atoms with Crippen LogP contribution in [0, 0.1) is 5.82 Å². The van der Waals surface area contributed by atoms with Gasteiger partial charge in [-0.15, -0.1) is 0 Å². The van der Waals surface area contributed by atoms with Crippen LogP contribution in [0.1, 0.15) is 31.3 Å². The van der Waals surface area contributed by atoms with Gasteiger partial charge in [0.1, 0.15) is 11.9 Å². The highest BCUT2D eigenvalue weighted by atomic mass is 19.1. The average molecular weight is 345 g/mol. The molecule has 7 heteroatoms. The van der Waals surface area contributed by atoms with E-state index in [0.717, 1.165) is 0 Å². The van der Waals surface area contributed by atoms with Crippen LogP contribution >= 0.6 is 0 Å². The molecule has 0 N–H and O–H groups in total. The lowest BCUT2D eigenvalue weighted by Crippen LogP contribution is -2.61. The Labute approximate surface area is 145 Å². The number of hydrogen-bond acceptors (Lipinski definition) is 4. The molecule has 2 unspecified atom stereocenters. The van der Waals surface area contributed by atoms with Gasteiger partial charge in [-0.3, -0.25) is 9.59 Å². The van der Waals surface area contributed by atoms with E-state index in [1.54, 1.807) is 24.0 Å². The normalized spacial score (nSPS) is 20.9. The van der Waals surface area contributed by atoms with Crippen LogP contribution < -0.4 is 0 Å². The summed E-state index contributed by atoms with van der Waals surface area (Å²) < 4.78 is 18.2. The summed E-state index contributed by atoms with van der Waals surface area (Å²) in [6, 6.07) is 6.65. The van der Waals surface area contributed by atoms with Crippen molar-refractivity contribution in [2.24, 2.45) is 0 Å². The molecule has 1 aromatic carbocycles. The molecule has 1 aliphatic rings. The first-order valence-electron chi connectivity index (χ1n) is 8.26. The van der Waals surface area contributed by atoms with Gasteiger partial charge >= 0.3 is 0 Å². The van der Waals surface area contributed by atoms with Crippen molar-refractivity contribution >= 4 is 11.8 Å². The first-order chi connectivity index (χ1) is 11.9. The molecule has 132 valence electrons. The number of halogens is 1. The second-order valence-corrected chi connectivity index (χ2v) is 6.19. The molecule has 3 rings (SSSR count). The zero-order chi connectivity index (χ0) is 18.1. The molecule has 0 saturated carbocycles. The lowest BCUT2D eigenvalue weighted by molar-refractivity contribution is -0.142. The lowest BCUT2D eigenvalue weighted by atomic mass is 10.1. The van der Waals surface area contributed by atoms with E-state index in [4.69, 9.17) is 4.52 Å². The Morgan fingerprint density at radius 2 is 2.00 bits per heavy atom. The van der Waals surface area contributed by atoms with Crippen LogP contribution in [0.4, 0.5) is 4.39 Å². The van der Waals surface area contributed by atoms with Crippen molar-refractivity contribution in [2.45, 2.75) is 32.9 Å². The summed E-state index contributed by atoms with van der Waals surface area (Å²) in [5.41, 5.74) is 0.761. The van der Waals surface area contributed by atoms with Gasteiger partial charge in [0, 0.05) is 30.8 Å². The third-order valence-corrected chi connectivity index (χ3v) is 4.56. The van der Waals surface area contributed by atoms with Gasteiger partial charge < -0.3 is 14.3 Å². The molecule has 1 aliphatic heterocycles. The lowest BCUT2D eigenvalue weighted by Gasteiger charge is -2.42. The Morgan fingerprint density at radius 1 is 1.32 bits per heavy atom. The zero-order valence-corrected chi connectivity index (χ0v) is 14.4. The van der Waals surface area contributed by atoms with E-state index in [0.29, 0.717) is 24.4 Å². The fourth-order valence-corrected chi connectivity index (χ4v) is 3.13. The van der Waals surface area contributed by atoms with Crippen LogP contribution in [0.5, 0.6) is 0 Å². The smallest absolute Gasteiger partial charge is 0.276 e. The van der Waals surface area contributed by atoms with Gasteiger partial charge in [-0.25, -0.2) is 4.39 Å². The number of rotatable bonds is 3. The Balaban J connectivity index is 1.82. The molecule has 2 amide bonds. The number of piperazine rings is 1. The maximum absolute atomic E-state index is 13.0. The van der Waals surface area contributed by atoms with Crippen LogP contribution in [-0.2, 0) is 4.79 Å². The highest BCUT2D eigenvalue weighted by Crippen LogP contribution is 2.23. The van der Waals surface area contributed by atoms with Crippen molar-refractivity contribution in [3.05, 3.63) is 41.8 Å². The quantitative estimate of drug-likeness (QED) is 0.857. The minimum Gasteiger partial charge on any atom is -0.355 e. The molecule has 2 atom stereocenters. The number of amides is 2. The summed E-state index contributed by atoms with van der Waals surface area (Å²) >= 11 is 0. The summed E-state index contributed by atoms with van der Waals surface area (Å²) in [6.07, 6.45) is 0. The van der Waals surface area contributed by atoms with E-state index >= 15 is 0 Å². The van der Waals surface area contributed by atoms with E-state index in [9.17, 15) is 14.0 Å². The molecule has 0 bridgehead atoms. The van der Waals surface area contributed by atoms with Gasteiger partial charge in [0.15, 0.2) is 11.5 Å². The molecule has 2 heterocycles. The predicted molar refractivity (Wildman–Crippen MR) is 89.2 cm³/mol. The van der Waals surface area contributed by atoms with E-state index in [1.807, 2.05) is 13.8 Å². The Bertz CT molecular complexity index is 787. The second kappa shape index (κ2) is 6.66. The topological polar surface area (TPSA) is 66.7 Å². The highest BCUT2D eigenvalue weighted by Gasteiger charge is 2.38. The van der Waals surface area contributed by atoms with E-state index < -0.39 is 6.04 Å². The van der Waals surface area contributed by atoms with Crippen molar-refractivity contribution in [1.82, 2.24) is 15.0 Å². The van der Waals surface area contributed by atoms with Crippen molar-refractivity contribution in [3.8, 4) is 11.3 Å². The van der Waals surface area contributed by atoms with Gasteiger partial charge in [0.05, 0.1) is 0 Å². The van der Waals surface area contributed by atoms with Crippen molar-refractivity contribution in [1.29, 1.82) is 0 Å². The van der Waals surface area contributed by atoms with E-state index in [-0.39, 0.29) is 29.4 Å². The van der Waals surface area contributed by atoms with Crippen molar-refractivity contribution in [2.75, 3.05) is 13.1 Å². The van der Waals surface area contributed by atoms with Gasteiger partial charge in [-0.2, -0.15) is 0 Å². The van der Waals surface area contributed by atoms with Crippen LogP contribution in [0.2, 0.25) is 0 Å². The number of nitrogens with zero attached hydrogens (tertiary/aromatic N) is 3. The first kappa shape index (κ1) is 17.1.